The predicted molar refractivity (Wildman–Crippen MR) is 73.8 cm³/mol. The van der Waals surface area contributed by atoms with E-state index < -0.39 is 0 Å². The number of para-hydroxylation sites is 2. The SMILES string of the molecule is Nc1ccccc1OCCOC1CCCCCC1. The first kappa shape index (κ1) is 13.2. The van der Waals surface area contributed by atoms with Gasteiger partial charge in [-0.3, -0.25) is 0 Å². The number of hydrogen-bond acceptors (Lipinski definition) is 3. The molecule has 18 heavy (non-hydrogen) atoms. The van der Waals surface area contributed by atoms with Crippen molar-refractivity contribution in [3.63, 3.8) is 0 Å². The molecule has 0 heterocycles. The average Bonchev–Trinajstić information content (AvgIpc) is 2.65. The molecule has 100 valence electrons. The van der Waals surface area contributed by atoms with Gasteiger partial charge in [-0.25, -0.2) is 0 Å². The van der Waals surface area contributed by atoms with E-state index in [9.17, 15) is 0 Å². The van der Waals surface area contributed by atoms with E-state index >= 15 is 0 Å². The molecule has 1 saturated carbocycles. The van der Waals surface area contributed by atoms with Crippen LogP contribution < -0.4 is 10.5 Å². The lowest BCUT2D eigenvalue weighted by Gasteiger charge is -2.15. The largest absolute Gasteiger partial charge is 0.489 e. The van der Waals surface area contributed by atoms with Gasteiger partial charge < -0.3 is 15.2 Å². The zero-order chi connectivity index (χ0) is 12.6. The van der Waals surface area contributed by atoms with Crippen LogP contribution in [0.4, 0.5) is 5.69 Å². The summed E-state index contributed by atoms with van der Waals surface area (Å²) in [6, 6.07) is 7.57. The number of nitrogen functional groups attached to an aromatic ring is 1. The number of ether oxygens (including phenoxy) is 2. The fraction of sp³-hybridized carbons (Fsp3) is 0.600. The third kappa shape index (κ3) is 4.22. The van der Waals surface area contributed by atoms with Gasteiger partial charge in [0.2, 0.25) is 0 Å². The van der Waals surface area contributed by atoms with Crippen LogP contribution in [-0.2, 0) is 4.74 Å². The number of rotatable bonds is 5. The number of benzene rings is 1. The predicted octanol–water partition coefficient (Wildman–Crippen LogP) is 3.39. The van der Waals surface area contributed by atoms with Gasteiger partial charge in [-0.05, 0) is 25.0 Å². The Labute approximate surface area is 109 Å². The minimum Gasteiger partial charge on any atom is -0.489 e. The van der Waals surface area contributed by atoms with E-state index in [1.165, 1.54) is 38.5 Å². The second kappa shape index (κ2) is 7.27. The zero-order valence-electron chi connectivity index (χ0n) is 10.9. The Morgan fingerprint density at radius 1 is 1.00 bits per heavy atom. The maximum Gasteiger partial charge on any atom is 0.142 e. The molecule has 1 aliphatic carbocycles. The van der Waals surface area contributed by atoms with Crippen molar-refractivity contribution in [2.45, 2.75) is 44.6 Å². The second-order valence-electron chi connectivity index (χ2n) is 4.87. The number of anilines is 1. The van der Waals surface area contributed by atoms with Crippen LogP contribution in [0.2, 0.25) is 0 Å². The molecule has 1 aliphatic rings. The highest BCUT2D eigenvalue weighted by molar-refractivity contribution is 5.51. The number of nitrogens with two attached hydrogens (primary N) is 1. The lowest BCUT2D eigenvalue weighted by Crippen LogP contribution is -2.16. The first-order valence-corrected chi connectivity index (χ1v) is 6.95. The standard InChI is InChI=1S/C15H23NO2/c16-14-9-5-6-10-15(14)18-12-11-17-13-7-3-1-2-4-8-13/h5-6,9-10,13H,1-4,7-8,11-12,16H2. The topological polar surface area (TPSA) is 44.5 Å². The van der Waals surface area contributed by atoms with E-state index in [0.717, 1.165) is 5.75 Å². The van der Waals surface area contributed by atoms with Gasteiger partial charge in [0, 0.05) is 0 Å². The summed E-state index contributed by atoms with van der Waals surface area (Å²) in [7, 11) is 0. The fourth-order valence-corrected chi connectivity index (χ4v) is 2.39. The molecule has 0 radical (unpaired) electrons. The lowest BCUT2D eigenvalue weighted by atomic mass is 10.1. The molecule has 0 atom stereocenters. The Hall–Kier alpha value is -1.22. The molecular weight excluding hydrogens is 226 g/mol. The van der Waals surface area contributed by atoms with Gasteiger partial charge in [0.1, 0.15) is 12.4 Å². The zero-order valence-corrected chi connectivity index (χ0v) is 10.9. The van der Waals surface area contributed by atoms with Crippen molar-refractivity contribution in [1.82, 2.24) is 0 Å². The average molecular weight is 249 g/mol. The summed E-state index contributed by atoms with van der Waals surface area (Å²) in [6.45, 7) is 1.23. The maximum absolute atomic E-state index is 5.86. The van der Waals surface area contributed by atoms with Gasteiger partial charge in [-0.2, -0.15) is 0 Å². The summed E-state index contributed by atoms with van der Waals surface area (Å²) in [4.78, 5) is 0. The van der Waals surface area contributed by atoms with E-state index in [1.807, 2.05) is 24.3 Å². The fourth-order valence-electron chi connectivity index (χ4n) is 2.39. The molecule has 0 aromatic heterocycles. The minimum atomic E-state index is 0.434. The molecule has 1 aromatic rings. The van der Waals surface area contributed by atoms with Crippen LogP contribution in [0.25, 0.3) is 0 Å². The monoisotopic (exact) mass is 249 g/mol. The van der Waals surface area contributed by atoms with E-state index in [2.05, 4.69) is 0 Å². The van der Waals surface area contributed by atoms with E-state index in [4.69, 9.17) is 15.2 Å². The van der Waals surface area contributed by atoms with Gasteiger partial charge in [0.15, 0.2) is 0 Å². The molecule has 0 bridgehead atoms. The van der Waals surface area contributed by atoms with Crippen molar-refractivity contribution >= 4 is 5.69 Å². The number of hydrogen-bond donors (Lipinski definition) is 1. The molecule has 3 heteroatoms. The molecule has 1 aromatic carbocycles. The summed E-state index contributed by atoms with van der Waals surface area (Å²) in [6.07, 6.45) is 8.16. The van der Waals surface area contributed by atoms with Gasteiger partial charge in [-0.1, -0.05) is 37.8 Å². The van der Waals surface area contributed by atoms with Crippen LogP contribution in [0, 0.1) is 0 Å². The summed E-state index contributed by atoms with van der Waals surface area (Å²) >= 11 is 0. The Morgan fingerprint density at radius 2 is 1.72 bits per heavy atom. The Morgan fingerprint density at radius 3 is 2.44 bits per heavy atom. The highest BCUT2D eigenvalue weighted by atomic mass is 16.5. The molecule has 0 amide bonds. The molecule has 0 aliphatic heterocycles. The summed E-state index contributed by atoms with van der Waals surface area (Å²) in [5, 5.41) is 0. The highest BCUT2D eigenvalue weighted by Crippen LogP contribution is 2.21. The van der Waals surface area contributed by atoms with Crippen LogP contribution in [0.3, 0.4) is 0 Å². The molecule has 0 unspecified atom stereocenters. The quantitative estimate of drug-likeness (QED) is 0.494. The maximum atomic E-state index is 5.86. The van der Waals surface area contributed by atoms with Crippen LogP contribution >= 0.6 is 0 Å². The Balaban J connectivity index is 1.65. The third-order valence-electron chi connectivity index (χ3n) is 3.42. The molecule has 3 nitrogen and oxygen atoms in total. The van der Waals surface area contributed by atoms with Crippen molar-refractivity contribution in [3.05, 3.63) is 24.3 Å². The Kier molecular flexibility index (Phi) is 5.34. The van der Waals surface area contributed by atoms with Gasteiger partial charge >= 0.3 is 0 Å². The van der Waals surface area contributed by atoms with Crippen molar-refractivity contribution in [2.75, 3.05) is 18.9 Å². The molecule has 1 fully saturated rings. The second-order valence-corrected chi connectivity index (χ2v) is 4.87. The highest BCUT2D eigenvalue weighted by Gasteiger charge is 2.12. The van der Waals surface area contributed by atoms with E-state index in [0.29, 0.717) is 25.0 Å². The van der Waals surface area contributed by atoms with Crippen LogP contribution in [-0.4, -0.2) is 19.3 Å². The summed E-state index contributed by atoms with van der Waals surface area (Å²) < 4.78 is 11.5. The van der Waals surface area contributed by atoms with Gasteiger partial charge in [0.05, 0.1) is 18.4 Å². The summed E-state index contributed by atoms with van der Waals surface area (Å²) in [5.74, 6) is 0.752. The van der Waals surface area contributed by atoms with E-state index in [1.54, 1.807) is 0 Å². The van der Waals surface area contributed by atoms with E-state index in [-0.39, 0.29) is 0 Å². The van der Waals surface area contributed by atoms with Gasteiger partial charge in [-0.15, -0.1) is 0 Å². The molecular formula is C15H23NO2. The van der Waals surface area contributed by atoms with Crippen molar-refractivity contribution in [3.8, 4) is 5.75 Å². The first-order chi connectivity index (χ1) is 8.86. The minimum absolute atomic E-state index is 0.434. The van der Waals surface area contributed by atoms with Crippen LogP contribution in [0.15, 0.2) is 24.3 Å². The Bertz CT molecular complexity index is 346. The third-order valence-corrected chi connectivity index (χ3v) is 3.42. The van der Waals surface area contributed by atoms with Gasteiger partial charge in [0.25, 0.3) is 0 Å². The van der Waals surface area contributed by atoms with Crippen molar-refractivity contribution in [2.24, 2.45) is 0 Å². The first-order valence-electron chi connectivity index (χ1n) is 6.95. The normalized spacial score (nSPS) is 17.3. The molecule has 2 N–H and O–H groups in total. The lowest BCUT2D eigenvalue weighted by molar-refractivity contribution is 0.0255. The molecule has 0 saturated heterocycles. The van der Waals surface area contributed by atoms with Crippen molar-refractivity contribution in [1.29, 1.82) is 0 Å². The van der Waals surface area contributed by atoms with Crippen molar-refractivity contribution < 1.29 is 9.47 Å². The summed E-state index contributed by atoms with van der Waals surface area (Å²) in [5.41, 5.74) is 6.49. The molecule has 0 spiro atoms. The molecule has 2 rings (SSSR count). The van der Waals surface area contributed by atoms with Crippen LogP contribution in [0.5, 0.6) is 5.75 Å². The van der Waals surface area contributed by atoms with Crippen LogP contribution in [0.1, 0.15) is 38.5 Å². The smallest absolute Gasteiger partial charge is 0.142 e.